The molecule has 0 bridgehead atoms. The fourth-order valence-electron chi connectivity index (χ4n) is 9.75. The highest BCUT2D eigenvalue weighted by Crippen LogP contribution is 2.67. The van der Waals surface area contributed by atoms with Crippen LogP contribution in [0.2, 0.25) is 0 Å². The van der Waals surface area contributed by atoms with Crippen molar-refractivity contribution in [2.24, 2.45) is 46.3 Å². The van der Waals surface area contributed by atoms with Gasteiger partial charge in [0, 0.05) is 6.61 Å². The molecule has 0 aromatic heterocycles. The number of hydrogen-bond acceptors (Lipinski definition) is 4. The molecule has 0 spiro atoms. The van der Waals surface area contributed by atoms with Crippen molar-refractivity contribution in [1.82, 2.24) is 0 Å². The van der Waals surface area contributed by atoms with Gasteiger partial charge in [-0.1, -0.05) is 72.5 Å². The molecule has 0 radical (unpaired) electrons. The largest absolute Gasteiger partial charge is 0.379 e. The molecule has 4 aliphatic rings. The van der Waals surface area contributed by atoms with Crippen molar-refractivity contribution in [2.45, 2.75) is 125 Å². The molecule has 7 unspecified atom stereocenters. The maximum Gasteiger partial charge on any atom is 0.0704 e. The van der Waals surface area contributed by atoms with Crippen LogP contribution in [0.25, 0.3) is 0 Å². The number of fused-ring (bicyclic) bond motifs is 5. The minimum absolute atomic E-state index is 0.364. The van der Waals surface area contributed by atoms with Crippen LogP contribution in [-0.4, -0.2) is 52.4 Å². The van der Waals surface area contributed by atoms with Crippen LogP contribution < -0.4 is 0 Å². The Bertz CT molecular complexity index is 779. The van der Waals surface area contributed by atoms with E-state index in [0.717, 1.165) is 55.0 Å². The summed E-state index contributed by atoms with van der Waals surface area (Å²) in [6.07, 6.45) is 19.2. The van der Waals surface area contributed by atoms with E-state index in [1.807, 2.05) is 0 Å². The molecule has 0 aliphatic heterocycles. The zero-order valence-electron chi connectivity index (χ0n) is 27.2. The molecule has 40 heavy (non-hydrogen) atoms. The third-order valence-electron chi connectivity index (χ3n) is 11.9. The second-order valence-electron chi connectivity index (χ2n) is 14.9. The lowest BCUT2D eigenvalue weighted by atomic mass is 9.47. The standard InChI is InChI=1S/C36H64O4/c1-7-19-37-20-21-38-22-23-39-24-25-40-30-15-17-35(5)29(26-30)11-12-31-33-14-13-32(28(4)10-8-9-27(2)3)36(33,6)18-16-34(31)35/h11,27-28,30-34H,7-10,12-26H2,1-6H3/t28?,30-,31?,32?,33?,34?,35?,36?/m0/s1. The molecule has 4 aliphatic carbocycles. The normalized spacial score (nSPS) is 36.2. The van der Waals surface area contributed by atoms with Crippen LogP contribution in [0.5, 0.6) is 0 Å². The fourth-order valence-corrected chi connectivity index (χ4v) is 9.75. The van der Waals surface area contributed by atoms with Crippen molar-refractivity contribution in [2.75, 3.05) is 46.2 Å². The third kappa shape index (κ3) is 7.74. The predicted molar refractivity (Wildman–Crippen MR) is 166 cm³/mol. The zero-order chi connectivity index (χ0) is 28.6. The summed E-state index contributed by atoms with van der Waals surface area (Å²) in [7, 11) is 0. The van der Waals surface area contributed by atoms with E-state index in [1.54, 1.807) is 5.57 Å². The van der Waals surface area contributed by atoms with Crippen molar-refractivity contribution in [3.05, 3.63) is 11.6 Å². The van der Waals surface area contributed by atoms with Gasteiger partial charge in [-0.05, 0) is 104 Å². The van der Waals surface area contributed by atoms with Crippen LogP contribution in [0, 0.1) is 46.3 Å². The molecule has 3 saturated carbocycles. The first kappa shape index (κ1) is 32.5. The Morgan fingerprint density at radius 2 is 1.50 bits per heavy atom. The van der Waals surface area contributed by atoms with Gasteiger partial charge in [-0.25, -0.2) is 0 Å². The second-order valence-corrected chi connectivity index (χ2v) is 14.9. The molecule has 4 rings (SSSR count). The maximum absolute atomic E-state index is 6.33. The van der Waals surface area contributed by atoms with E-state index in [4.69, 9.17) is 18.9 Å². The molecule has 3 fully saturated rings. The van der Waals surface area contributed by atoms with Gasteiger partial charge in [-0.3, -0.25) is 0 Å². The number of rotatable bonds is 17. The molecule has 0 saturated heterocycles. The molecule has 4 nitrogen and oxygen atoms in total. The van der Waals surface area contributed by atoms with Gasteiger partial charge in [0.15, 0.2) is 0 Å². The van der Waals surface area contributed by atoms with Crippen LogP contribution >= 0.6 is 0 Å². The number of allylic oxidation sites excluding steroid dienone is 1. The Hall–Kier alpha value is -0.420. The van der Waals surface area contributed by atoms with Crippen LogP contribution in [0.3, 0.4) is 0 Å². The maximum atomic E-state index is 6.33. The number of ether oxygens (including phenoxy) is 4. The van der Waals surface area contributed by atoms with E-state index >= 15 is 0 Å². The zero-order valence-corrected chi connectivity index (χ0v) is 27.2. The lowest BCUT2D eigenvalue weighted by Gasteiger charge is -2.58. The Kier molecular flexibility index (Phi) is 12.5. The Labute approximate surface area is 247 Å². The SMILES string of the molecule is CCCOCCOCCOCCO[C@H]1CCC2(C)C(=CCC3C2CCC2(C)C(C(C)CCCC(C)C)CCC32)C1. The average Bonchev–Trinajstić information content (AvgIpc) is 3.29. The van der Waals surface area contributed by atoms with Crippen molar-refractivity contribution < 1.29 is 18.9 Å². The van der Waals surface area contributed by atoms with E-state index in [0.29, 0.717) is 56.6 Å². The monoisotopic (exact) mass is 560 g/mol. The summed E-state index contributed by atoms with van der Waals surface area (Å²) < 4.78 is 23.1. The average molecular weight is 561 g/mol. The van der Waals surface area contributed by atoms with Crippen LogP contribution in [0.1, 0.15) is 119 Å². The summed E-state index contributed by atoms with van der Waals surface area (Å²) in [5.41, 5.74) is 2.71. The molecule has 0 heterocycles. The molecular formula is C36H64O4. The third-order valence-corrected chi connectivity index (χ3v) is 11.9. The molecule has 0 aromatic carbocycles. The molecule has 232 valence electrons. The Balaban J connectivity index is 1.21. The smallest absolute Gasteiger partial charge is 0.0704 e. The molecule has 4 heteroatoms. The summed E-state index contributed by atoms with van der Waals surface area (Å²) in [5.74, 6) is 5.42. The topological polar surface area (TPSA) is 36.9 Å². The molecule has 0 amide bonds. The summed E-state index contributed by atoms with van der Waals surface area (Å²) >= 11 is 0. The quantitative estimate of drug-likeness (QED) is 0.131. The van der Waals surface area contributed by atoms with E-state index in [9.17, 15) is 0 Å². The van der Waals surface area contributed by atoms with Gasteiger partial charge in [0.05, 0.1) is 45.7 Å². The first-order valence-corrected chi connectivity index (χ1v) is 17.3. The van der Waals surface area contributed by atoms with Crippen molar-refractivity contribution >= 4 is 0 Å². The first-order chi connectivity index (χ1) is 19.3. The van der Waals surface area contributed by atoms with Crippen molar-refractivity contribution in [3.8, 4) is 0 Å². The van der Waals surface area contributed by atoms with Crippen molar-refractivity contribution in [3.63, 3.8) is 0 Å². The van der Waals surface area contributed by atoms with Crippen LogP contribution in [0.4, 0.5) is 0 Å². The Morgan fingerprint density at radius 3 is 2.20 bits per heavy atom. The highest BCUT2D eigenvalue weighted by molar-refractivity contribution is 5.25. The second kappa shape index (κ2) is 15.3. The molecular weight excluding hydrogens is 496 g/mol. The van der Waals surface area contributed by atoms with Gasteiger partial charge >= 0.3 is 0 Å². The molecule has 0 N–H and O–H groups in total. The van der Waals surface area contributed by atoms with E-state index in [2.05, 4.69) is 47.6 Å². The molecule has 8 atom stereocenters. The predicted octanol–water partition coefficient (Wildman–Crippen LogP) is 8.87. The van der Waals surface area contributed by atoms with E-state index in [-0.39, 0.29) is 0 Å². The van der Waals surface area contributed by atoms with Gasteiger partial charge < -0.3 is 18.9 Å². The summed E-state index contributed by atoms with van der Waals surface area (Å²) in [6, 6.07) is 0. The summed E-state index contributed by atoms with van der Waals surface area (Å²) in [6.45, 7) is 19.6. The van der Waals surface area contributed by atoms with Gasteiger partial charge in [0.2, 0.25) is 0 Å². The summed E-state index contributed by atoms with van der Waals surface area (Å²) in [4.78, 5) is 0. The van der Waals surface area contributed by atoms with Crippen molar-refractivity contribution in [1.29, 1.82) is 0 Å². The number of hydrogen-bond donors (Lipinski definition) is 0. The van der Waals surface area contributed by atoms with Gasteiger partial charge in [-0.15, -0.1) is 0 Å². The minimum Gasteiger partial charge on any atom is -0.379 e. The lowest BCUT2D eigenvalue weighted by molar-refractivity contribution is -0.0691. The highest BCUT2D eigenvalue weighted by atomic mass is 16.6. The van der Waals surface area contributed by atoms with Crippen LogP contribution in [-0.2, 0) is 18.9 Å². The van der Waals surface area contributed by atoms with E-state index < -0.39 is 0 Å². The fraction of sp³-hybridized carbons (Fsp3) is 0.944. The highest BCUT2D eigenvalue weighted by Gasteiger charge is 2.59. The summed E-state index contributed by atoms with van der Waals surface area (Å²) in [5, 5.41) is 0. The Morgan fingerprint density at radius 1 is 0.800 bits per heavy atom. The molecule has 0 aromatic rings. The van der Waals surface area contributed by atoms with Crippen LogP contribution in [0.15, 0.2) is 11.6 Å². The minimum atomic E-state index is 0.364. The lowest BCUT2D eigenvalue weighted by Crippen LogP contribution is -2.51. The van der Waals surface area contributed by atoms with Gasteiger partial charge in [-0.2, -0.15) is 0 Å². The van der Waals surface area contributed by atoms with E-state index in [1.165, 1.54) is 64.2 Å². The van der Waals surface area contributed by atoms with Gasteiger partial charge in [0.1, 0.15) is 0 Å². The van der Waals surface area contributed by atoms with Gasteiger partial charge in [0.25, 0.3) is 0 Å². The first-order valence-electron chi connectivity index (χ1n) is 17.3.